The average Bonchev–Trinajstić information content (AvgIpc) is 3.54. The minimum absolute atomic E-state index is 0.0370. The van der Waals surface area contributed by atoms with Crippen LogP contribution in [0.15, 0.2) is 24.3 Å². The summed E-state index contributed by atoms with van der Waals surface area (Å²) in [5.41, 5.74) is 8.62. The Labute approximate surface area is 191 Å². The van der Waals surface area contributed by atoms with Gasteiger partial charge in [-0.1, -0.05) is 19.1 Å². The number of amidine groups is 1. The maximum absolute atomic E-state index is 12.8. The third-order valence-electron chi connectivity index (χ3n) is 6.25. The SMILES string of the molecule is CC[C@@H](CCc1cc2ccc(C(=N)N)cc2n1CC)C(=N)C(=O)CN(CS(=O)O)C1CC1. The Bertz CT molecular complexity index is 1040. The summed E-state index contributed by atoms with van der Waals surface area (Å²) in [6.45, 7) is 4.88. The second-order valence-corrected chi connectivity index (χ2v) is 9.38. The van der Waals surface area contributed by atoms with E-state index in [0.29, 0.717) is 18.4 Å². The Morgan fingerprint density at radius 3 is 2.59 bits per heavy atom. The fraction of sp³-hybridized carbons (Fsp3) is 0.522. The molecule has 3 rings (SSSR count). The summed E-state index contributed by atoms with van der Waals surface area (Å²) >= 11 is -1.98. The highest BCUT2D eigenvalue weighted by molar-refractivity contribution is 7.79. The highest BCUT2D eigenvalue weighted by Gasteiger charge is 2.32. The molecular weight excluding hydrogens is 426 g/mol. The molecule has 1 aromatic carbocycles. The number of hydrogen-bond donors (Lipinski definition) is 4. The van der Waals surface area contributed by atoms with Gasteiger partial charge in [0.15, 0.2) is 16.9 Å². The molecule has 0 amide bonds. The van der Waals surface area contributed by atoms with Gasteiger partial charge in [0.25, 0.3) is 0 Å². The smallest absolute Gasteiger partial charge is 0.190 e. The lowest BCUT2D eigenvalue weighted by molar-refractivity contribution is -0.114. The van der Waals surface area contributed by atoms with Crippen LogP contribution in [-0.4, -0.2) is 54.0 Å². The van der Waals surface area contributed by atoms with Gasteiger partial charge in [-0.2, -0.15) is 0 Å². The van der Waals surface area contributed by atoms with Gasteiger partial charge in [-0.05, 0) is 56.5 Å². The summed E-state index contributed by atoms with van der Waals surface area (Å²) in [5, 5.41) is 17.3. The molecule has 174 valence electrons. The molecule has 5 N–H and O–H groups in total. The van der Waals surface area contributed by atoms with E-state index in [1.165, 1.54) is 0 Å². The fourth-order valence-electron chi connectivity index (χ4n) is 4.29. The highest BCUT2D eigenvalue weighted by Crippen LogP contribution is 2.27. The monoisotopic (exact) mass is 459 g/mol. The van der Waals surface area contributed by atoms with Gasteiger partial charge in [-0.25, -0.2) is 4.21 Å². The van der Waals surface area contributed by atoms with Gasteiger partial charge in [-0.3, -0.25) is 15.1 Å². The lowest BCUT2D eigenvalue weighted by Gasteiger charge is -2.21. The number of nitrogens with zero attached hydrogens (tertiary/aromatic N) is 2. The topological polar surface area (TPSA) is 136 Å². The number of aryl methyl sites for hydroxylation is 2. The number of carbonyl (C=O) groups is 1. The average molecular weight is 460 g/mol. The first-order valence-corrected chi connectivity index (χ1v) is 12.4. The molecule has 1 saturated carbocycles. The van der Waals surface area contributed by atoms with Crippen molar-refractivity contribution in [1.29, 1.82) is 10.8 Å². The van der Waals surface area contributed by atoms with Crippen LogP contribution in [-0.2, 0) is 28.8 Å². The number of aromatic nitrogens is 1. The number of hydrogen-bond acceptors (Lipinski definition) is 5. The molecule has 1 aliphatic rings. The number of Topliss-reactive ketones (excluding diaryl/α,β-unsaturated/α-hetero) is 1. The predicted molar refractivity (Wildman–Crippen MR) is 129 cm³/mol. The molecule has 0 aliphatic heterocycles. The minimum atomic E-state index is -1.98. The molecule has 0 saturated heterocycles. The summed E-state index contributed by atoms with van der Waals surface area (Å²) < 4.78 is 22.6. The summed E-state index contributed by atoms with van der Waals surface area (Å²) in [4.78, 5) is 14.5. The molecule has 2 aromatic rings. The number of benzene rings is 1. The van der Waals surface area contributed by atoms with E-state index in [1.807, 2.05) is 25.1 Å². The maximum Gasteiger partial charge on any atom is 0.190 e. The minimum Gasteiger partial charge on any atom is -0.384 e. The second kappa shape index (κ2) is 10.5. The van der Waals surface area contributed by atoms with Crippen molar-refractivity contribution in [2.75, 3.05) is 12.4 Å². The van der Waals surface area contributed by atoms with E-state index in [1.54, 1.807) is 4.90 Å². The molecule has 2 atom stereocenters. The number of rotatable bonds is 13. The lowest BCUT2D eigenvalue weighted by atomic mass is 9.91. The van der Waals surface area contributed by atoms with E-state index in [0.717, 1.165) is 42.4 Å². The molecule has 1 unspecified atom stereocenters. The van der Waals surface area contributed by atoms with Crippen LogP contribution < -0.4 is 5.73 Å². The Hall–Kier alpha value is -2.36. The summed E-state index contributed by atoms with van der Waals surface area (Å²) in [6, 6.07) is 8.07. The molecular formula is C23H33N5O3S. The lowest BCUT2D eigenvalue weighted by Crippen LogP contribution is -2.38. The number of ketones is 1. The number of carbonyl (C=O) groups excluding carboxylic acids is 1. The van der Waals surface area contributed by atoms with Crippen molar-refractivity contribution in [2.45, 2.75) is 58.5 Å². The van der Waals surface area contributed by atoms with Gasteiger partial charge in [0, 0.05) is 35.3 Å². The van der Waals surface area contributed by atoms with Crippen molar-refractivity contribution in [1.82, 2.24) is 9.47 Å². The first-order chi connectivity index (χ1) is 15.2. The highest BCUT2D eigenvalue weighted by atomic mass is 32.2. The summed E-state index contributed by atoms with van der Waals surface area (Å²) in [5.74, 6) is -0.407. The van der Waals surface area contributed by atoms with Gasteiger partial charge in [0.05, 0.1) is 12.3 Å². The van der Waals surface area contributed by atoms with Crippen LogP contribution >= 0.6 is 0 Å². The zero-order chi connectivity index (χ0) is 23.4. The van der Waals surface area contributed by atoms with E-state index in [4.69, 9.17) is 16.6 Å². The Kier molecular flexibility index (Phi) is 7.97. The molecule has 0 spiro atoms. The van der Waals surface area contributed by atoms with E-state index in [9.17, 15) is 13.6 Å². The molecule has 1 fully saturated rings. The van der Waals surface area contributed by atoms with Crippen molar-refractivity contribution in [3.63, 3.8) is 0 Å². The van der Waals surface area contributed by atoms with Crippen LogP contribution in [0, 0.1) is 16.7 Å². The van der Waals surface area contributed by atoms with E-state index >= 15 is 0 Å². The number of nitrogens with two attached hydrogens (primary N) is 1. The van der Waals surface area contributed by atoms with Gasteiger partial charge in [0.2, 0.25) is 0 Å². The Morgan fingerprint density at radius 1 is 1.31 bits per heavy atom. The zero-order valence-electron chi connectivity index (χ0n) is 18.8. The van der Waals surface area contributed by atoms with Crippen LogP contribution in [0.5, 0.6) is 0 Å². The third-order valence-corrected chi connectivity index (χ3v) is 6.81. The van der Waals surface area contributed by atoms with E-state index < -0.39 is 11.1 Å². The molecule has 1 aliphatic carbocycles. The molecule has 9 heteroatoms. The molecule has 0 radical (unpaired) electrons. The van der Waals surface area contributed by atoms with Crippen molar-refractivity contribution < 1.29 is 13.6 Å². The molecule has 0 bridgehead atoms. The predicted octanol–water partition coefficient (Wildman–Crippen LogP) is 3.14. The fourth-order valence-corrected chi connectivity index (χ4v) is 4.88. The first kappa shape index (κ1) is 24.3. The van der Waals surface area contributed by atoms with Crippen molar-refractivity contribution in [3.05, 3.63) is 35.5 Å². The zero-order valence-corrected chi connectivity index (χ0v) is 19.6. The van der Waals surface area contributed by atoms with Crippen molar-refractivity contribution in [3.8, 4) is 0 Å². The van der Waals surface area contributed by atoms with E-state index in [2.05, 4.69) is 17.6 Å². The Balaban J connectivity index is 1.69. The molecule has 32 heavy (non-hydrogen) atoms. The largest absolute Gasteiger partial charge is 0.384 e. The number of nitrogen functional groups attached to an aromatic ring is 1. The van der Waals surface area contributed by atoms with Crippen molar-refractivity contribution in [2.24, 2.45) is 11.7 Å². The quantitative estimate of drug-likeness (QED) is 0.207. The molecule has 1 heterocycles. The standard InChI is InChI=1S/C23H33N5O3S/c1-3-15(22(24)21(29)13-27(14-32(30)31)18-9-10-18)7-8-19-11-16-5-6-17(23(25)26)12-20(16)28(19)4-2/h5-6,11-12,15,18,24H,3-4,7-10,13-14H2,1-2H3,(H3,25,26)(H,30,31)/t15-/m0/s1. The normalized spacial score (nSPS) is 15.8. The molecule has 8 nitrogen and oxygen atoms in total. The molecule has 1 aromatic heterocycles. The number of nitrogens with one attached hydrogen (secondary N) is 2. The summed E-state index contributed by atoms with van der Waals surface area (Å²) in [7, 11) is 0. The van der Waals surface area contributed by atoms with Gasteiger partial charge >= 0.3 is 0 Å². The first-order valence-electron chi connectivity index (χ1n) is 11.1. The van der Waals surface area contributed by atoms with Crippen LogP contribution in [0.1, 0.15) is 50.8 Å². The van der Waals surface area contributed by atoms with Crippen LogP contribution in [0.2, 0.25) is 0 Å². The third kappa shape index (κ3) is 5.70. The van der Waals surface area contributed by atoms with Crippen molar-refractivity contribution >= 4 is 39.3 Å². The van der Waals surface area contributed by atoms with Gasteiger partial charge in [0.1, 0.15) is 11.7 Å². The van der Waals surface area contributed by atoms with Crippen LogP contribution in [0.3, 0.4) is 0 Å². The maximum atomic E-state index is 12.8. The van der Waals surface area contributed by atoms with Crippen LogP contribution in [0.4, 0.5) is 0 Å². The second-order valence-electron chi connectivity index (χ2n) is 8.48. The van der Waals surface area contributed by atoms with E-state index in [-0.39, 0.29) is 41.7 Å². The van der Waals surface area contributed by atoms with Gasteiger partial charge < -0.3 is 20.3 Å². The number of fused-ring (bicyclic) bond motifs is 1. The summed E-state index contributed by atoms with van der Waals surface area (Å²) in [6.07, 6.45) is 3.98. The Morgan fingerprint density at radius 2 is 2.03 bits per heavy atom. The van der Waals surface area contributed by atoms with Gasteiger partial charge in [-0.15, -0.1) is 0 Å². The van der Waals surface area contributed by atoms with Crippen LogP contribution in [0.25, 0.3) is 10.9 Å².